The normalized spacial score (nSPS) is 10.1. The highest BCUT2D eigenvalue weighted by Gasteiger charge is 2.04. The molecule has 0 N–H and O–H groups in total. The second-order valence-corrected chi connectivity index (χ2v) is 4.58. The van der Waals surface area contributed by atoms with Crippen molar-refractivity contribution in [2.45, 2.75) is 19.8 Å². The Hall–Kier alpha value is -0.610. The van der Waals surface area contributed by atoms with E-state index < -0.39 is 0 Å². The molecule has 0 unspecified atom stereocenters. The van der Waals surface area contributed by atoms with Gasteiger partial charge in [-0.15, -0.1) is 17.0 Å². The van der Waals surface area contributed by atoms with Gasteiger partial charge in [0.15, 0.2) is 0 Å². The Labute approximate surface area is 120 Å². The Morgan fingerprint density at radius 3 is 2.71 bits per heavy atom. The van der Waals surface area contributed by atoms with Gasteiger partial charge in [-0.1, -0.05) is 29.3 Å². The van der Waals surface area contributed by atoms with Crippen LogP contribution in [0.4, 0.5) is 0 Å². The highest BCUT2D eigenvalue weighted by Crippen LogP contribution is 2.27. The number of hydrogen-bond acceptors (Lipinski definition) is 2. The topological polar surface area (TPSA) is 22.1 Å². The van der Waals surface area contributed by atoms with Gasteiger partial charge in [0.2, 0.25) is 0 Å². The molecule has 0 saturated heterocycles. The summed E-state index contributed by atoms with van der Waals surface area (Å²) in [5.74, 6) is 0.859. The van der Waals surface area contributed by atoms with Crippen LogP contribution in [0, 0.1) is 0 Å². The molecule has 1 heterocycles. The van der Waals surface area contributed by atoms with Crippen molar-refractivity contribution in [3.05, 3.63) is 34.4 Å². The second kappa shape index (κ2) is 6.36. The third kappa shape index (κ3) is 3.19. The largest absolute Gasteiger partial charge is 0.497 e. The molecule has 0 aliphatic rings. The minimum absolute atomic E-state index is 0. The molecule has 2 rings (SSSR count). The number of pyridine rings is 1. The van der Waals surface area contributed by atoms with Crippen LogP contribution in [0.3, 0.4) is 0 Å². The molecule has 0 bridgehead atoms. The molecule has 0 saturated carbocycles. The van der Waals surface area contributed by atoms with Crippen molar-refractivity contribution in [3.8, 4) is 5.75 Å². The van der Waals surface area contributed by atoms with Crippen molar-refractivity contribution < 1.29 is 4.74 Å². The van der Waals surface area contributed by atoms with Crippen molar-refractivity contribution >= 4 is 43.8 Å². The second-order valence-electron chi connectivity index (χ2n) is 3.73. The third-order valence-corrected chi connectivity index (χ3v) is 3.18. The van der Waals surface area contributed by atoms with E-state index in [1.165, 1.54) is 0 Å². The number of fused-ring (bicyclic) bond motifs is 1. The lowest BCUT2D eigenvalue weighted by Gasteiger charge is -2.06. The summed E-state index contributed by atoms with van der Waals surface area (Å²) in [5, 5.41) is 1.10. The van der Waals surface area contributed by atoms with Crippen LogP contribution in [0.2, 0.25) is 0 Å². The van der Waals surface area contributed by atoms with E-state index in [1.807, 2.05) is 18.2 Å². The van der Waals surface area contributed by atoms with Crippen LogP contribution in [0.25, 0.3) is 10.9 Å². The Bertz CT molecular complexity index is 514. The zero-order chi connectivity index (χ0) is 11.5. The van der Waals surface area contributed by atoms with E-state index in [0.717, 1.165) is 39.7 Å². The molecule has 92 valence electrons. The summed E-state index contributed by atoms with van der Waals surface area (Å²) >= 11 is 3.59. The molecular weight excluding hydrogens is 346 g/mol. The van der Waals surface area contributed by atoms with Crippen LogP contribution in [-0.2, 0) is 6.42 Å². The number of aryl methyl sites for hydroxylation is 1. The maximum absolute atomic E-state index is 5.21. The van der Waals surface area contributed by atoms with Gasteiger partial charge in [0.05, 0.1) is 12.6 Å². The van der Waals surface area contributed by atoms with E-state index in [9.17, 15) is 0 Å². The molecule has 0 radical (unpaired) electrons. The number of aromatic nitrogens is 1. The molecule has 0 atom stereocenters. The number of hydrogen-bond donors (Lipinski definition) is 0. The average molecular weight is 361 g/mol. The fraction of sp³-hybridized carbons (Fsp3) is 0.308. The summed E-state index contributed by atoms with van der Waals surface area (Å²) in [7, 11) is 1.67. The smallest absolute Gasteiger partial charge is 0.119 e. The van der Waals surface area contributed by atoms with Crippen molar-refractivity contribution in [1.29, 1.82) is 0 Å². The SMILES string of the molecule is Br.CCCc1cc(Br)c2cc(OC)ccc2n1. The molecule has 1 aromatic heterocycles. The molecule has 0 aliphatic carbocycles. The number of methoxy groups -OCH3 is 1. The van der Waals surface area contributed by atoms with Gasteiger partial charge in [-0.25, -0.2) is 0 Å². The van der Waals surface area contributed by atoms with Crippen molar-refractivity contribution in [3.63, 3.8) is 0 Å². The Morgan fingerprint density at radius 2 is 2.06 bits per heavy atom. The zero-order valence-electron chi connectivity index (χ0n) is 9.87. The quantitative estimate of drug-likeness (QED) is 0.801. The first-order valence-corrected chi connectivity index (χ1v) is 6.17. The van der Waals surface area contributed by atoms with Gasteiger partial charge in [0, 0.05) is 15.6 Å². The highest BCUT2D eigenvalue weighted by molar-refractivity contribution is 9.10. The number of benzene rings is 1. The molecule has 4 heteroatoms. The lowest BCUT2D eigenvalue weighted by atomic mass is 10.1. The first-order valence-electron chi connectivity index (χ1n) is 5.37. The minimum atomic E-state index is 0. The van der Waals surface area contributed by atoms with E-state index in [2.05, 4.69) is 33.9 Å². The van der Waals surface area contributed by atoms with E-state index in [-0.39, 0.29) is 17.0 Å². The van der Waals surface area contributed by atoms with Crippen LogP contribution < -0.4 is 4.74 Å². The molecule has 1 aromatic carbocycles. The van der Waals surface area contributed by atoms with Crippen LogP contribution in [-0.4, -0.2) is 12.1 Å². The van der Waals surface area contributed by atoms with Crippen LogP contribution in [0.15, 0.2) is 28.7 Å². The van der Waals surface area contributed by atoms with Crippen LogP contribution in [0.5, 0.6) is 5.75 Å². The zero-order valence-corrected chi connectivity index (χ0v) is 13.2. The van der Waals surface area contributed by atoms with E-state index in [1.54, 1.807) is 7.11 Å². The van der Waals surface area contributed by atoms with Crippen molar-refractivity contribution in [2.75, 3.05) is 7.11 Å². The van der Waals surface area contributed by atoms with Gasteiger partial charge in [-0.2, -0.15) is 0 Å². The van der Waals surface area contributed by atoms with E-state index >= 15 is 0 Å². The lowest BCUT2D eigenvalue weighted by Crippen LogP contribution is -1.91. The predicted molar refractivity (Wildman–Crippen MR) is 80.3 cm³/mol. The Kier molecular flexibility index (Phi) is 5.40. The molecule has 0 fully saturated rings. The Morgan fingerprint density at radius 1 is 1.29 bits per heavy atom. The summed E-state index contributed by atoms with van der Waals surface area (Å²) < 4.78 is 6.29. The summed E-state index contributed by atoms with van der Waals surface area (Å²) in [6.07, 6.45) is 2.13. The van der Waals surface area contributed by atoms with Crippen molar-refractivity contribution in [1.82, 2.24) is 4.98 Å². The van der Waals surface area contributed by atoms with Crippen LogP contribution in [0.1, 0.15) is 19.0 Å². The predicted octanol–water partition coefficient (Wildman–Crippen LogP) is 4.54. The van der Waals surface area contributed by atoms with Crippen molar-refractivity contribution in [2.24, 2.45) is 0 Å². The number of rotatable bonds is 3. The Balaban J connectivity index is 0.00000144. The molecular formula is C13H15Br2NO. The van der Waals surface area contributed by atoms with Gasteiger partial charge in [-0.05, 0) is 30.7 Å². The fourth-order valence-corrected chi connectivity index (χ4v) is 2.31. The molecule has 17 heavy (non-hydrogen) atoms. The summed E-state index contributed by atoms with van der Waals surface area (Å²) in [5.41, 5.74) is 2.14. The number of halogens is 2. The standard InChI is InChI=1S/C13H14BrNO.BrH/c1-3-4-9-7-12(14)11-8-10(16-2)5-6-13(11)15-9;/h5-8H,3-4H2,1-2H3;1H. The monoisotopic (exact) mass is 359 g/mol. The highest BCUT2D eigenvalue weighted by atomic mass is 79.9. The van der Waals surface area contributed by atoms with Crippen LogP contribution >= 0.6 is 32.9 Å². The van der Waals surface area contributed by atoms with Gasteiger partial charge >= 0.3 is 0 Å². The molecule has 2 aromatic rings. The third-order valence-electron chi connectivity index (χ3n) is 2.52. The van der Waals surface area contributed by atoms with Gasteiger partial charge in [0.1, 0.15) is 5.75 Å². The lowest BCUT2D eigenvalue weighted by molar-refractivity contribution is 0.415. The molecule has 0 aliphatic heterocycles. The fourth-order valence-electron chi connectivity index (χ4n) is 1.73. The molecule has 0 amide bonds. The summed E-state index contributed by atoms with van der Waals surface area (Å²) in [4.78, 5) is 4.62. The van der Waals surface area contributed by atoms with Gasteiger partial charge < -0.3 is 4.74 Å². The average Bonchev–Trinajstić information content (AvgIpc) is 2.29. The summed E-state index contributed by atoms with van der Waals surface area (Å²) in [6.45, 7) is 2.16. The van der Waals surface area contributed by atoms with E-state index in [4.69, 9.17) is 4.74 Å². The molecule has 0 spiro atoms. The molecule has 2 nitrogen and oxygen atoms in total. The van der Waals surface area contributed by atoms with E-state index in [0.29, 0.717) is 0 Å². The van der Waals surface area contributed by atoms with Gasteiger partial charge in [0.25, 0.3) is 0 Å². The minimum Gasteiger partial charge on any atom is -0.497 e. The first-order chi connectivity index (χ1) is 7.74. The summed E-state index contributed by atoms with van der Waals surface area (Å²) in [6, 6.07) is 8.03. The first kappa shape index (κ1) is 14.5. The number of ether oxygens (including phenoxy) is 1. The maximum Gasteiger partial charge on any atom is 0.119 e. The maximum atomic E-state index is 5.21. The number of nitrogens with zero attached hydrogens (tertiary/aromatic N) is 1. The van der Waals surface area contributed by atoms with Gasteiger partial charge in [-0.3, -0.25) is 4.98 Å².